The number of nitrogens with two attached hydrogens (primary N) is 1. The number of carbonyl (C=O) groups is 1. The van der Waals surface area contributed by atoms with Crippen molar-refractivity contribution in [3.05, 3.63) is 58.1 Å². The van der Waals surface area contributed by atoms with Gasteiger partial charge in [-0.15, -0.1) is 10.2 Å². The van der Waals surface area contributed by atoms with Gasteiger partial charge in [0.25, 0.3) is 0 Å². The van der Waals surface area contributed by atoms with E-state index in [1.807, 2.05) is 30.0 Å². The molecule has 0 aliphatic carbocycles. The van der Waals surface area contributed by atoms with Crippen LogP contribution in [0.5, 0.6) is 0 Å². The van der Waals surface area contributed by atoms with Gasteiger partial charge in [0.2, 0.25) is 11.1 Å². The summed E-state index contributed by atoms with van der Waals surface area (Å²) in [7, 11) is 0. The number of amides is 1. The molecule has 4 rings (SSSR count). The first-order valence-corrected chi connectivity index (χ1v) is 10.3. The number of carbonyl (C=O) groups excluding carboxylic acids is 1. The molecule has 1 aliphatic heterocycles. The molecule has 0 spiro atoms. The van der Waals surface area contributed by atoms with Crippen molar-refractivity contribution < 1.29 is 4.79 Å². The van der Waals surface area contributed by atoms with Crippen molar-refractivity contribution in [3.8, 4) is 11.4 Å². The molecule has 0 radical (unpaired) electrons. The molecule has 2 heterocycles. The number of fused-ring (bicyclic) bond motifs is 1. The minimum absolute atomic E-state index is 0.0142. The van der Waals surface area contributed by atoms with E-state index in [1.165, 1.54) is 22.0 Å². The molecule has 2 N–H and O–H groups in total. The van der Waals surface area contributed by atoms with E-state index in [1.54, 1.807) is 18.2 Å². The average Bonchev–Trinajstić information content (AvgIpc) is 3.27. The minimum atomic E-state index is -0.375. The Morgan fingerprint density at radius 3 is 2.82 bits per heavy atom. The number of aromatic nitrogens is 3. The molecule has 3 aromatic rings. The van der Waals surface area contributed by atoms with Crippen LogP contribution in [-0.4, -0.2) is 32.6 Å². The van der Waals surface area contributed by atoms with Gasteiger partial charge in [0.1, 0.15) is 0 Å². The molecule has 28 heavy (non-hydrogen) atoms. The summed E-state index contributed by atoms with van der Waals surface area (Å²) in [6, 6.07) is 13.0. The second-order valence-electron chi connectivity index (χ2n) is 6.43. The molecule has 0 bridgehead atoms. The van der Waals surface area contributed by atoms with E-state index < -0.39 is 0 Å². The molecule has 2 aromatic carbocycles. The van der Waals surface area contributed by atoms with Crippen molar-refractivity contribution in [3.63, 3.8) is 0 Å². The SMILES string of the molecule is C[C@@H](Sc1nnc(-c2cc(Cl)ccc2Cl)n1N)C(=O)N1CCc2ccccc21. The molecule has 1 amide bonds. The maximum absolute atomic E-state index is 13.0. The predicted molar refractivity (Wildman–Crippen MR) is 113 cm³/mol. The standard InChI is InChI=1S/C19H17Cl2N5OS/c1-11(18(27)25-9-8-12-4-2-3-5-16(12)25)28-19-24-23-17(26(19)22)14-10-13(20)6-7-15(14)21/h2-7,10-11H,8-9,22H2,1H3/t11-/m1/s1. The van der Waals surface area contributed by atoms with Gasteiger partial charge < -0.3 is 10.7 Å². The van der Waals surface area contributed by atoms with Crippen LogP contribution in [0.1, 0.15) is 12.5 Å². The van der Waals surface area contributed by atoms with Crippen molar-refractivity contribution >= 4 is 46.6 Å². The molecular formula is C19H17Cl2N5OS. The van der Waals surface area contributed by atoms with Crippen molar-refractivity contribution in [2.45, 2.75) is 23.8 Å². The van der Waals surface area contributed by atoms with E-state index in [-0.39, 0.29) is 11.2 Å². The van der Waals surface area contributed by atoms with Crippen molar-refractivity contribution in [2.24, 2.45) is 0 Å². The first-order valence-electron chi connectivity index (χ1n) is 8.67. The first kappa shape index (κ1) is 19.1. The lowest BCUT2D eigenvalue weighted by molar-refractivity contribution is -0.117. The van der Waals surface area contributed by atoms with Gasteiger partial charge in [0, 0.05) is 22.8 Å². The van der Waals surface area contributed by atoms with Crippen LogP contribution in [0.15, 0.2) is 47.6 Å². The molecule has 0 fully saturated rings. The first-order chi connectivity index (χ1) is 13.5. The smallest absolute Gasteiger partial charge is 0.240 e. The molecule has 1 aliphatic rings. The number of benzene rings is 2. The second-order valence-corrected chi connectivity index (χ2v) is 8.58. The van der Waals surface area contributed by atoms with Gasteiger partial charge in [-0.05, 0) is 43.2 Å². The highest BCUT2D eigenvalue weighted by atomic mass is 35.5. The molecule has 0 saturated carbocycles. The van der Waals surface area contributed by atoms with Gasteiger partial charge in [-0.25, -0.2) is 4.68 Å². The zero-order valence-corrected chi connectivity index (χ0v) is 17.3. The molecule has 1 atom stereocenters. The van der Waals surface area contributed by atoms with Crippen molar-refractivity contribution in [1.82, 2.24) is 14.9 Å². The average molecular weight is 434 g/mol. The molecule has 6 nitrogen and oxygen atoms in total. The normalized spacial score (nSPS) is 14.2. The Morgan fingerprint density at radius 2 is 2.00 bits per heavy atom. The lowest BCUT2D eigenvalue weighted by Gasteiger charge is -2.21. The summed E-state index contributed by atoms with van der Waals surface area (Å²) in [5.74, 6) is 6.58. The molecule has 0 saturated heterocycles. The number of halogens is 2. The van der Waals surface area contributed by atoms with E-state index in [9.17, 15) is 4.79 Å². The Bertz CT molecular complexity index is 1050. The Kier molecular flexibility index (Phi) is 5.23. The van der Waals surface area contributed by atoms with Crippen LogP contribution in [0.25, 0.3) is 11.4 Å². The van der Waals surface area contributed by atoms with Crippen LogP contribution in [0, 0.1) is 0 Å². The Morgan fingerprint density at radius 1 is 1.21 bits per heavy atom. The maximum atomic E-state index is 13.0. The monoisotopic (exact) mass is 433 g/mol. The number of thioether (sulfide) groups is 1. The maximum Gasteiger partial charge on any atom is 0.240 e. The highest BCUT2D eigenvalue weighted by Crippen LogP contribution is 2.33. The summed E-state index contributed by atoms with van der Waals surface area (Å²) in [5.41, 5.74) is 2.75. The quantitative estimate of drug-likeness (QED) is 0.496. The number of anilines is 1. The largest absolute Gasteiger partial charge is 0.335 e. The Hall–Kier alpha value is -2.22. The molecule has 144 valence electrons. The van der Waals surface area contributed by atoms with Crippen LogP contribution in [0.2, 0.25) is 10.0 Å². The van der Waals surface area contributed by atoms with E-state index >= 15 is 0 Å². The molecule has 9 heteroatoms. The summed E-state index contributed by atoms with van der Waals surface area (Å²) in [5, 5.41) is 9.31. The van der Waals surface area contributed by atoms with Crippen LogP contribution < -0.4 is 10.7 Å². The zero-order valence-electron chi connectivity index (χ0n) is 15.0. The summed E-state index contributed by atoms with van der Waals surface area (Å²) in [6.07, 6.45) is 0.865. The summed E-state index contributed by atoms with van der Waals surface area (Å²) >= 11 is 13.6. The molecule has 1 aromatic heterocycles. The summed E-state index contributed by atoms with van der Waals surface area (Å²) < 4.78 is 1.34. The fourth-order valence-corrected chi connectivity index (χ4v) is 4.41. The fourth-order valence-electron chi connectivity index (χ4n) is 3.21. The van der Waals surface area contributed by atoms with Gasteiger partial charge in [0.15, 0.2) is 5.82 Å². The molecule has 0 unspecified atom stereocenters. The summed E-state index contributed by atoms with van der Waals surface area (Å²) in [4.78, 5) is 14.8. The van der Waals surface area contributed by atoms with E-state index in [2.05, 4.69) is 16.3 Å². The fraction of sp³-hybridized carbons (Fsp3) is 0.211. The number of rotatable bonds is 4. The van der Waals surface area contributed by atoms with Crippen LogP contribution >= 0.6 is 35.0 Å². The number of nitrogens with zero attached hydrogens (tertiary/aromatic N) is 4. The van der Waals surface area contributed by atoms with Gasteiger partial charge in [-0.2, -0.15) is 0 Å². The highest BCUT2D eigenvalue weighted by molar-refractivity contribution is 8.00. The minimum Gasteiger partial charge on any atom is -0.335 e. The topological polar surface area (TPSA) is 77.0 Å². The van der Waals surface area contributed by atoms with Gasteiger partial charge in [-0.3, -0.25) is 4.79 Å². The number of para-hydroxylation sites is 1. The number of hydrogen-bond donors (Lipinski definition) is 1. The lowest BCUT2D eigenvalue weighted by Crippen LogP contribution is -2.35. The van der Waals surface area contributed by atoms with Gasteiger partial charge >= 0.3 is 0 Å². The third kappa shape index (κ3) is 3.45. The van der Waals surface area contributed by atoms with Gasteiger partial charge in [0.05, 0.1) is 10.3 Å². The molecular weight excluding hydrogens is 417 g/mol. The van der Waals surface area contributed by atoms with E-state index in [0.29, 0.717) is 33.1 Å². The van der Waals surface area contributed by atoms with Crippen molar-refractivity contribution in [1.29, 1.82) is 0 Å². The third-order valence-corrected chi connectivity index (χ3v) is 6.23. The van der Waals surface area contributed by atoms with Gasteiger partial charge in [-0.1, -0.05) is 53.2 Å². The number of hydrogen-bond acceptors (Lipinski definition) is 5. The lowest BCUT2D eigenvalue weighted by atomic mass is 10.2. The number of nitrogen functional groups attached to an aromatic ring is 1. The van der Waals surface area contributed by atoms with Crippen LogP contribution in [0.3, 0.4) is 0 Å². The van der Waals surface area contributed by atoms with E-state index in [0.717, 1.165) is 12.1 Å². The van der Waals surface area contributed by atoms with Crippen LogP contribution in [-0.2, 0) is 11.2 Å². The zero-order chi connectivity index (χ0) is 19.8. The van der Waals surface area contributed by atoms with E-state index in [4.69, 9.17) is 29.0 Å². The predicted octanol–water partition coefficient (Wildman–Crippen LogP) is 4.04. The Balaban J connectivity index is 1.54. The van der Waals surface area contributed by atoms with Crippen LogP contribution in [0.4, 0.5) is 5.69 Å². The van der Waals surface area contributed by atoms with Crippen molar-refractivity contribution in [2.75, 3.05) is 17.3 Å². The second kappa shape index (κ2) is 7.66. The highest BCUT2D eigenvalue weighted by Gasteiger charge is 2.29. The summed E-state index contributed by atoms with van der Waals surface area (Å²) in [6.45, 7) is 2.52. The Labute approximate surface area is 176 Å². The third-order valence-electron chi connectivity index (χ3n) is 4.62.